The molecule has 0 atom stereocenters. The molecular weight excluding hydrogens is 206 g/mol. The zero-order chi connectivity index (χ0) is 10.5. The fourth-order valence-corrected chi connectivity index (χ4v) is 1.78. The summed E-state index contributed by atoms with van der Waals surface area (Å²) in [7, 11) is 1.65. The Hall–Kier alpha value is -1.61. The number of hydrogen-bond acceptors (Lipinski definition) is 3. The quantitative estimate of drug-likeness (QED) is 0.721. The van der Waals surface area contributed by atoms with E-state index in [2.05, 4.69) is 4.99 Å². The summed E-state index contributed by atoms with van der Waals surface area (Å²) in [6, 6.07) is 11.7. The Bertz CT molecular complexity index is 448. The molecule has 15 heavy (non-hydrogen) atoms. The molecule has 2 nitrogen and oxygen atoms in total. The van der Waals surface area contributed by atoms with Crippen LogP contribution in [0.3, 0.4) is 0 Å². The Kier molecular flexibility index (Phi) is 3.15. The summed E-state index contributed by atoms with van der Waals surface area (Å²) in [5.41, 5.74) is 0.905. The van der Waals surface area contributed by atoms with Crippen LogP contribution in [-0.2, 0) is 0 Å². The van der Waals surface area contributed by atoms with Gasteiger partial charge in [-0.2, -0.15) is 0 Å². The maximum Gasteiger partial charge on any atom is 0.121 e. The molecular formula is C12H11NOS. The Balaban J connectivity index is 2.17. The third-order valence-corrected chi connectivity index (χ3v) is 2.74. The van der Waals surface area contributed by atoms with Gasteiger partial charge in [0.15, 0.2) is 0 Å². The summed E-state index contributed by atoms with van der Waals surface area (Å²) < 4.78 is 5.12. The number of ether oxygens (including phenoxy) is 1. The van der Waals surface area contributed by atoms with Crippen LogP contribution < -0.4 is 4.74 Å². The predicted molar refractivity (Wildman–Crippen MR) is 64.6 cm³/mol. The third kappa shape index (κ3) is 2.67. The molecule has 3 heteroatoms. The third-order valence-electron chi connectivity index (χ3n) is 1.94. The average molecular weight is 217 g/mol. The first-order chi connectivity index (χ1) is 7.38. The Labute approximate surface area is 92.9 Å². The topological polar surface area (TPSA) is 21.6 Å². The number of methoxy groups -OCH3 is 1. The molecule has 2 rings (SSSR count). The Morgan fingerprint density at radius 1 is 1.27 bits per heavy atom. The maximum absolute atomic E-state index is 5.12. The molecule has 1 aromatic carbocycles. The first kappa shape index (κ1) is 9.93. The van der Waals surface area contributed by atoms with E-state index in [1.807, 2.05) is 48.0 Å². The van der Waals surface area contributed by atoms with Crippen molar-refractivity contribution in [3.63, 3.8) is 0 Å². The zero-order valence-electron chi connectivity index (χ0n) is 8.38. The normalized spacial score (nSPS) is 10.7. The summed E-state index contributed by atoms with van der Waals surface area (Å²) in [5.74, 6) is 0.829. The second-order valence-electron chi connectivity index (χ2n) is 2.98. The summed E-state index contributed by atoms with van der Waals surface area (Å²) in [4.78, 5) is 5.51. The van der Waals surface area contributed by atoms with Crippen molar-refractivity contribution in [1.29, 1.82) is 0 Å². The fraction of sp³-hybridized carbons (Fsp3) is 0.0833. The molecule has 0 aliphatic heterocycles. The highest BCUT2D eigenvalue weighted by molar-refractivity contribution is 7.11. The Morgan fingerprint density at radius 3 is 2.93 bits per heavy atom. The molecule has 0 radical (unpaired) electrons. The van der Waals surface area contributed by atoms with Crippen LogP contribution in [-0.4, -0.2) is 13.3 Å². The highest BCUT2D eigenvalue weighted by Crippen LogP contribution is 2.19. The van der Waals surface area contributed by atoms with E-state index < -0.39 is 0 Å². The lowest BCUT2D eigenvalue weighted by atomic mass is 10.3. The van der Waals surface area contributed by atoms with E-state index in [1.165, 1.54) is 0 Å². The molecule has 0 spiro atoms. The monoisotopic (exact) mass is 217 g/mol. The summed E-state index contributed by atoms with van der Waals surface area (Å²) in [6.45, 7) is 0. The van der Waals surface area contributed by atoms with E-state index in [-0.39, 0.29) is 0 Å². The van der Waals surface area contributed by atoms with E-state index >= 15 is 0 Å². The van der Waals surface area contributed by atoms with Crippen LogP contribution in [0.4, 0.5) is 5.69 Å². The summed E-state index contributed by atoms with van der Waals surface area (Å²) >= 11 is 1.67. The second kappa shape index (κ2) is 4.75. The molecule has 76 valence electrons. The first-order valence-corrected chi connectivity index (χ1v) is 5.48. The molecule has 0 bridgehead atoms. The molecule has 0 aliphatic carbocycles. The molecule has 0 N–H and O–H groups in total. The van der Waals surface area contributed by atoms with Crippen LogP contribution in [0.5, 0.6) is 5.75 Å². The van der Waals surface area contributed by atoms with Gasteiger partial charge in [0.1, 0.15) is 5.75 Å². The van der Waals surface area contributed by atoms with Crippen LogP contribution in [0.25, 0.3) is 0 Å². The highest BCUT2D eigenvalue weighted by Gasteiger charge is 1.92. The van der Waals surface area contributed by atoms with Gasteiger partial charge in [0.25, 0.3) is 0 Å². The van der Waals surface area contributed by atoms with E-state index in [0.29, 0.717) is 0 Å². The minimum Gasteiger partial charge on any atom is -0.497 e. The van der Waals surface area contributed by atoms with Gasteiger partial charge in [0.2, 0.25) is 0 Å². The molecule has 1 aromatic heterocycles. The van der Waals surface area contributed by atoms with Gasteiger partial charge in [0, 0.05) is 17.2 Å². The standard InChI is InChI=1S/C12H11NOS/c1-14-11-5-2-4-10(8-11)13-9-12-6-3-7-15-12/h2-9H,1H3. The SMILES string of the molecule is COc1cccc(N=Cc2cccs2)c1. The molecule has 2 aromatic rings. The lowest BCUT2D eigenvalue weighted by Crippen LogP contribution is -1.80. The second-order valence-corrected chi connectivity index (χ2v) is 3.95. The molecule has 0 aliphatic rings. The van der Waals surface area contributed by atoms with Crippen LogP contribution >= 0.6 is 11.3 Å². The molecule has 0 saturated heterocycles. The smallest absolute Gasteiger partial charge is 0.121 e. The molecule has 0 amide bonds. The largest absolute Gasteiger partial charge is 0.497 e. The predicted octanol–water partition coefficient (Wildman–Crippen LogP) is 3.51. The van der Waals surface area contributed by atoms with Gasteiger partial charge >= 0.3 is 0 Å². The van der Waals surface area contributed by atoms with Crippen molar-refractivity contribution in [2.45, 2.75) is 0 Å². The van der Waals surface area contributed by atoms with E-state index in [9.17, 15) is 0 Å². The van der Waals surface area contributed by atoms with Crippen molar-refractivity contribution in [2.24, 2.45) is 4.99 Å². The van der Waals surface area contributed by atoms with Crippen LogP contribution in [0.2, 0.25) is 0 Å². The Morgan fingerprint density at radius 2 is 2.20 bits per heavy atom. The first-order valence-electron chi connectivity index (χ1n) is 4.60. The minimum atomic E-state index is 0.829. The summed E-state index contributed by atoms with van der Waals surface area (Å²) in [6.07, 6.45) is 1.86. The van der Waals surface area contributed by atoms with Crippen LogP contribution in [0, 0.1) is 0 Å². The van der Waals surface area contributed by atoms with Crippen molar-refractivity contribution in [1.82, 2.24) is 0 Å². The van der Waals surface area contributed by atoms with Crippen molar-refractivity contribution in [2.75, 3.05) is 7.11 Å². The van der Waals surface area contributed by atoms with Crippen molar-refractivity contribution >= 4 is 23.2 Å². The highest BCUT2D eigenvalue weighted by atomic mass is 32.1. The number of rotatable bonds is 3. The van der Waals surface area contributed by atoms with Gasteiger partial charge in [-0.3, -0.25) is 4.99 Å². The minimum absolute atomic E-state index is 0.829. The lowest BCUT2D eigenvalue weighted by molar-refractivity contribution is 0.415. The average Bonchev–Trinajstić information content (AvgIpc) is 2.79. The van der Waals surface area contributed by atoms with E-state index in [4.69, 9.17) is 4.74 Å². The number of nitrogens with zero attached hydrogens (tertiary/aromatic N) is 1. The number of aliphatic imine (C=N–C) groups is 1. The maximum atomic E-state index is 5.12. The lowest BCUT2D eigenvalue weighted by Gasteiger charge is -1.99. The van der Waals surface area contributed by atoms with Gasteiger partial charge < -0.3 is 4.74 Å². The van der Waals surface area contributed by atoms with Crippen molar-refractivity contribution in [3.05, 3.63) is 46.7 Å². The number of benzene rings is 1. The molecule has 1 heterocycles. The van der Waals surface area contributed by atoms with Gasteiger partial charge in [-0.1, -0.05) is 12.1 Å². The van der Waals surface area contributed by atoms with Gasteiger partial charge in [-0.25, -0.2) is 0 Å². The van der Waals surface area contributed by atoms with Gasteiger partial charge in [-0.15, -0.1) is 11.3 Å². The van der Waals surface area contributed by atoms with Crippen molar-refractivity contribution < 1.29 is 4.74 Å². The van der Waals surface area contributed by atoms with E-state index in [0.717, 1.165) is 16.3 Å². The fourth-order valence-electron chi connectivity index (χ4n) is 1.19. The molecule has 0 unspecified atom stereocenters. The van der Waals surface area contributed by atoms with E-state index in [1.54, 1.807) is 18.4 Å². The molecule has 0 fully saturated rings. The van der Waals surface area contributed by atoms with Gasteiger partial charge in [-0.05, 0) is 23.6 Å². The van der Waals surface area contributed by atoms with Crippen LogP contribution in [0.1, 0.15) is 4.88 Å². The van der Waals surface area contributed by atoms with Crippen molar-refractivity contribution in [3.8, 4) is 5.75 Å². The van der Waals surface area contributed by atoms with Gasteiger partial charge in [0.05, 0.1) is 12.8 Å². The number of thiophene rings is 1. The van der Waals surface area contributed by atoms with Crippen LogP contribution in [0.15, 0.2) is 46.8 Å². The summed E-state index contributed by atoms with van der Waals surface area (Å²) in [5, 5.41) is 2.03. The molecule has 0 saturated carbocycles. The zero-order valence-corrected chi connectivity index (χ0v) is 9.20. The number of hydrogen-bond donors (Lipinski definition) is 0.